The summed E-state index contributed by atoms with van der Waals surface area (Å²) in [6.07, 6.45) is -3.24. The molecule has 0 radical (unpaired) electrons. The maximum Gasteiger partial charge on any atom is 0.422 e. The number of hydrogen-bond donors (Lipinski definition) is 5. The van der Waals surface area contributed by atoms with Crippen LogP contribution in [0, 0.1) is 0 Å². The van der Waals surface area contributed by atoms with E-state index in [1.807, 2.05) is 12.1 Å². The fourth-order valence-corrected chi connectivity index (χ4v) is 5.19. The number of carbonyl (C=O) groups is 4. The van der Waals surface area contributed by atoms with Crippen LogP contribution in [0.4, 0.5) is 30.8 Å². The van der Waals surface area contributed by atoms with Crippen molar-refractivity contribution in [3.8, 4) is 11.8 Å². The molecule has 3 aromatic carbocycles. The Labute approximate surface area is 311 Å². The Balaban J connectivity index is 1.21. The minimum Gasteiger partial charge on any atom is -0.496 e. The molecular weight excluding hydrogens is 737 g/mol. The molecule has 1 atom stereocenters. The lowest BCUT2D eigenvalue weighted by atomic mass is 10.1. The van der Waals surface area contributed by atoms with Crippen LogP contribution >= 0.6 is 11.6 Å². The highest BCUT2D eigenvalue weighted by molar-refractivity contribution is 6.35. The zero-order valence-corrected chi connectivity index (χ0v) is 29.5. The first-order chi connectivity index (χ1) is 25.8. The normalized spacial score (nSPS) is 13.4. The second kappa shape index (κ2) is 17.1. The molecule has 1 aliphatic rings. The number of ether oxygens (including phenoxy) is 3. The van der Waals surface area contributed by atoms with Gasteiger partial charge in [-0.05, 0) is 60.9 Å². The summed E-state index contributed by atoms with van der Waals surface area (Å²) in [6, 6.07) is 17.8. The highest BCUT2D eigenvalue weighted by Crippen LogP contribution is 2.48. The molecule has 5 rings (SSSR count). The fourth-order valence-electron chi connectivity index (χ4n) is 5.06. The summed E-state index contributed by atoms with van der Waals surface area (Å²) >= 11 is 6.02. The van der Waals surface area contributed by atoms with Gasteiger partial charge < -0.3 is 40.8 Å². The van der Waals surface area contributed by atoms with Crippen molar-refractivity contribution in [1.29, 1.82) is 0 Å². The van der Waals surface area contributed by atoms with Gasteiger partial charge in [0.1, 0.15) is 11.8 Å². The topological polar surface area (TPSA) is 195 Å². The van der Waals surface area contributed by atoms with Crippen LogP contribution in [0.15, 0.2) is 72.8 Å². The zero-order valence-electron chi connectivity index (χ0n) is 28.8. The van der Waals surface area contributed by atoms with Crippen molar-refractivity contribution >= 4 is 52.9 Å². The molecule has 1 aliphatic carbocycles. The molecule has 1 fully saturated rings. The van der Waals surface area contributed by atoms with E-state index in [-0.39, 0.29) is 24.0 Å². The number of rotatable bonds is 15. The largest absolute Gasteiger partial charge is 0.496 e. The molecule has 5 N–H and O–H groups in total. The maximum absolute atomic E-state index is 13.1. The second-order valence-electron chi connectivity index (χ2n) is 11.8. The van der Waals surface area contributed by atoms with E-state index in [9.17, 15) is 32.3 Å². The average Bonchev–Trinajstić information content (AvgIpc) is 3.94. The number of esters is 1. The third kappa shape index (κ3) is 10.7. The summed E-state index contributed by atoms with van der Waals surface area (Å²) < 4.78 is 53.6. The van der Waals surface area contributed by atoms with Crippen LogP contribution < -0.4 is 36.1 Å². The number of anilines is 3. The first-order valence-electron chi connectivity index (χ1n) is 16.2. The molecular formula is C35H34ClF3N8O7. The molecule has 0 bridgehead atoms. The molecule has 1 aromatic heterocycles. The number of halogens is 4. The van der Waals surface area contributed by atoms with Crippen molar-refractivity contribution in [3.05, 3.63) is 94.5 Å². The van der Waals surface area contributed by atoms with Crippen LogP contribution in [0.2, 0.25) is 5.02 Å². The SMILES string of the molecule is COC(=O)[C@H](CNC(=O)C(=O)NCc1ccccc1OC)NC(=O)c1ccc(Nc2nc(NC3(c4ccc(Cl)cc4)CC3)nc(OCC(F)(F)F)n2)cc1. The van der Waals surface area contributed by atoms with Crippen LogP contribution in [-0.4, -0.2) is 78.2 Å². The first kappa shape index (κ1) is 39.0. The lowest BCUT2D eigenvalue weighted by Crippen LogP contribution is -2.51. The minimum absolute atomic E-state index is 0.00163. The molecule has 0 aliphatic heterocycles. The van der Waals surface area contributed by atoms with Gasteiger partial charge in [-0.25, -0.2) is 4.79 Å². The van der Waals surface area contributed by atoms with Gasteiger partial charge in [-0.3, -0.25) is 14.4 Å². The number of aromatic nitrogens is 3. The molecule has 1 saturated carbocycles. The monoisotopic (exact) mass is 770 g/mol. The van der Waals surface area contributed by atoms with E-state index in [1.165, 1.54) is 31.4 Å². The summed E-state index contributed by atoms with van der Waals surface area (Å²) in [7, 11) is 2.56. The zero-order chi connectivity index (χ0) is 38.9. The quantitative estimate of drug-likeness (QED) is 0.0862. The van der Waals surface area contributed by atoms with Crippen molar-refractivity contribution in [1.82, 2.24) is 30.9 Å². The number of alkyl halides is 3. The number of para-hydroxylation sites is 1. The number of hydrogen-bond acceptors (Lipinski definition) is 12. The molecule has 0 saturated heterocycles. The third-order valence-electron chi connectivity index (χ3n) is 7.98. The number of carbonyl (C=O) groups excluding carboxylic acids is 4. The molecule has 19 heteroatoms. The second-order valence-corrected chi connectivity index (χ2v) is 12.3. The third-order valence-corrected chi connectivity index (χ3v) is 8.23. The van der Waals surface area contributed by atoms with Crippen LogP contribution in [0.3, 0.4) is 0 Å². The van der Waals surface area contributed by atoms with Gasteiger partial charge >= 0.3 is 30.0 Å². The Morgan fingerprint density at radius 2 is 1.54 bits per heavy atom. The number of nitrogens with zero attached hydrogens (tertiary/aromatic N) is 3. The standard InChI is InChI=1S/C35H34ClF3N8O7/c1-52-26-6-4-3-5-21(26)17-40-28(49)29(50)41-18-25(30(51)53-2)43-27(48)20-7-13-24(14-8-20)42-31-44-32(46-33(45-31)54-19-35(37,38)39)47-34(15-16-34)22-9-11-23(36)12-10-22/h3-14,25H,15-19H2,1-2H3,(H,40,49)(H,41,50)(H,43,48)(H2,42,44,45,46,47)/t25-/m0/s1. The molecule has 4 aromatic rings. The summed E-state index contributed by atoms with van der Waals surface area (Å²) in [5.41, 5.74) is 1.37. The smallest absolute Gasteiger partial charge is 0.422 e. The van der Waals surface area contributed by atoms with Gasteiger partial charge in [0, 0.05) is 34.9 Å². The molecule has 1 heterocycles. The number of nitrogens with one attached hydrogen (secondary N) is 5. The summed E-state index contributed by atoms with van der Waals surface area (Å²) in [6.45, 7) is -2.09. The molecule has 15 nitrogen and oxygen atoms in total. The van der Waals surface area contributed by atoms with Crippen molar-refractivity contribution in [2.75, 3.05) is 38.0 Å². The lowest BCUT2D eigenvalue weighted by molar-refractivity contribution is -0.154. The van der Waals surface area contributed by atoms with E-state index in [0.29, 0.717) is 34.9 Å². The van der Waals surface area contributed by atoms with Gasteiger partial charge in [0.25, 0.3) is 5.91 Å². The predicted octanol–water partition coefficient (Wildman–Crippen LogP) is 4.02. The van der Waals surface area contributed by atoms with Crippen LogP contribution in [0.1, 0.15) is 34.3 Å². The minimum atomic E-state index is -4.64. The molecule has 284 valence electrons. The van der Waals surface area contributed by atoms with Gasteiger partial charge in [0.2, 0.25) is 11.9 Å². The van der Waals surface area contributed by atoms with Gasteiger partial charge in [-0.2, -0.15) is 28.1 Å². The Kier molecular flexibility index (Phi) is 12.4. The van der Waals surface area contributed by atoms with E-state index in [0.717, 1.165) is 12.7 Å². The highest BCUT2D eigenvalue weighted by atomic mass is 35.5. The summed E-state index contributed by atoms with van der Waals surface area (Å²) in [4.78, 5) is 62.6. The maximum atomic E-state index is 13.1. The van der Waals surface area contributed by atoms with Crippen LogP contribution in [0.25, 0.3) is 0 Å². The average molecular weight is 771 g/mol. The lowest BCUT2D eigenvalue weighted by Gasteiger charge is -2.19. The van der Waals surface area contributed by atoms with Gasteiger partial charge in [0.15, 0.2) is 6.61 Å². The van der Waals surface area contributed by atoms with E-state index >= 15 is 0 Å². The number of amides is 3. The predicted molar refractivity (Wildman–Crippen MR) is 188 cm³/mol. The van der Waals surface area contributed by atoms with Gasteiger partial charge in [0.05, 0.1) is 19.8 Å². The van der Waals surface area contributed by atoms with Crippen molar-refractivity contribution in [2.45, 2.75) is 37.1 Å². The van der Waals surface area contributed by atoms with Crippen LogP contribution in [0.5, 0.6) is 11.8 Å². The summed E-state index contributed by atoms with van der Waals surface area (Å²) in [5, 5.41) is 13.8. The Hall–Kier alpha value is -6.17. The summed E-state index contributed by atoms with van der Waals surface area (Å²) in [5.74, 6) is -3.31. The number of benzene rings is 3. The van der Waals surface area contributed by atoms with Crippen molar-refractivity contribution < 1.29 is 46.6 Å². The van der Waals surface area contributed by atoms with Crippen molar-refractivity contribution in [2.24, 2.45) is 0 Å². The van der Waals surface area contributed by atoms with E-state index in [2.05, 4.69) is 41.5 Å². The van der Waals surface area contributed by atoms with Gasteiger partial charge in [-0.1, -0.05) is 41.9 Å². The van der Waals surface area contributed by atoms with Gasteiger partial charge in [-0.15, -0.1) is 0 Å². The van der Waals surface area contributed by atoms with Crippen LogP contribution in [-0.2, 0) is 31.2 Å². The van der Waals surface area contributed by atoms with E-state index in [1.54, 1.807) is 36.4 Å². The molecule has 3 amide bonds. The van der Waals surface area contributed by atoms with E-state index in [4.69, 9.17) is 25.8 Å². The fraction of sp³-hybridized carbons (Fsp3) is 0.286. The number of methoxy groups -OCH3 is 2. The molecule has 0 spiro atoms. The Morgan fingerprint density at radius 3 is 2.19 bits per heavy atom. The molecule has 54 heavy (non-hydrogen) atoms. The highest BCUT2D eigenvalue weighted by Gasteiger charge is 2.45. The molecule has 0 unspecified atom stereocenters. The Bertz CT molecular complexity index is 1980. The van der Waals surface area contributed by atoms with Crippen molar-refractivity contribution in [3.63, 3.8) is 0 Å². The van der Waals surface area contributed by atoms with E-state index < -0.39 is 60.6 Å². The first-order valence-corrected chi connectivity index (χ1v) is 16.6. The Morgan fingerprint density at radius 1 is 0.870 bits per heavy atom.